The molecule has 0 fully saturated rings. The maximum atomic E-state index is 12.2. The van der Waals surface area contributed by atoms with Crippen LogP contribution in [-0.4, -0.2) is 64.8 Å². The minimum atomic E-state index is -0.227. The Labute approximate surface area is 159 Å². The largest absolute Gasteiger partial charge is 0.463 e. The van der Waals surface area contributed by atoms with E-state index in [9.17, 15) is 4.79 Å². The van der Waals surface area contributed by atoms with Crippen LogP contribution < -0.4 is 21.5 Å². The zero-order valence-corrected chi connectivity index (χ0v) is 16.6. The van der Waals surface area contributed by atoms with Gasteiger partial charge in [-0.1, -0.05) is 13.3 Å². The molecule has 0 bridgehead atoms. The SMILES string of the molecule is CCCCOc1nc(N)c2[nH]c(=O)n(CCCNCCN(C)C)c2n1.Cl. The maximum absolute atomic E-state index is 12.2. The molecule has 4 N–H and O–H groups in total. The third-order valence-electron chi connectivity index (χ3n) is 3.83. The number of nitrogens with one attached hydrogen (secondary N) is 2. The number of anilines is 1. The summed E-state index contributed by atoms with van der Waals surface area (Å²) in [6.45, 7) is 5.89. The summed E-state index contributed by atoms with van der Waals surface area (Å²) < 4.78 is 7.12. The van der Waals surface area contributed by atoms with Crippen LogP contribution in [0.4, 0.5) is 5.82 Å². The van der Waals surface area contributed by atoms with Crippen molar-refractivity contribution in [3.05, 3.63) is 10.5 Å². The number of unbranched alkanes of at least 4 members (excludes halogenated alkanes) is 1. The second-order valence-electron chi connectivity index (χ2n) is 6.28. The molecule has 10 heteroatoms. The van der Waals surface area contributed by atoms with Gasteiger partial charge in [0, 0.05) is 19.6 Å². The van der Waals surface area contributed by atoms with Gasteiger partial charge in [-0.2, -0.15) is 9.97 Å². The second-order valence-corrected chi connectivity index (χ2v) is 6.28. The van der Waals surface area contributed by atoms with Crippen LogP contribution in [0.3, 0.4) is 0 Å². The van der Waals surface area contributed by atoms with Crippen molar-refractivity contribution in [2.75, 3.05) is 46.1 Å². The molecule has 26 heavy (non-hydrogen) atoms. The highest BCUT2D eigenvalue weighted by atomic mass is 35.5. The molecule has 9 nitrogen and oxygen atoms in total. The minimum absolute atomic E-state index is 0. The van der Waals surface area contributed by atoms with Gasteiger partial charge in [-0.15, -0.1) is 12.4 Å². The number of H-pyrrole nitrogens is 1. The van der Waals surface area contributed by atoms with E-state index in [4.69, 9.17) is 10.5 Å². The zero-order valence-electron chi connectivity index (χ0n) is 15.7. The summed E-state index contributed by atoms with van der Waals surface area (Å²) in [7, 11) is 4.08. The van der Waals surface area contributed by atoms with E-state index in [1.165, 1.54) is 0 Å². The number of ether oxygens (including phenoxy) is 1. The Kier molecular flexibility index (Phi) is 9.39. The molecule has 2 rings (SSSR count). The van der Waals surface area contributed by atoms with E-state index in [-0.39, 0.29) is 29.9 Å². The first-order valence-corrected chi connectivity index (χ1v) is 8.77. The molecular formula is C16H30ClN7O2. The van der Waals surface area contributed by atoms with Gasteiger partial charge < -0.3 is 25.7 Å². The second kappa shape index (κ2) is 11.0. The van der Waals surface area contributed by atoms with Crippen molar-refractivity contribution in [3.63, 3.8) is 0 Å². The Morgan fingerprint density at radius 1 is 1.27 bits per heavy atom. The number of nitrogens with two attached hydrogens (primary N) is 1. The van der Waals surface area contributed by atoms with E-state index in [2.05, 4.69) is 32.1 Å². The molecule has 0 radical (unpaired) electrons. The summed E-state index contributed by atoms with van der Waals surface area (Å²) in [5.74, 6) is 0.233. The number of rotatable bonds is 11. The lowest BCUT2D eigenvalue weighted by molar-refractivity contribution is 0.286. The first kappa shape index (κ1) is 22.2. The minimum Gasteiger partial charge on any atom is -0.463 e. The molecule has 0 atom stereocenters. The number of hydrogen-bond acceptors (Lipinski definition) is 7. The van der Waals surface area contributed by atoms with Crippen molar-refractivity contribution in [2.24, 2.45) is 0 Å². The van der Waals surface area contributed by atoms with E-state index < -0.39 is 0 Å². The predicted octanol–water partition coefficient (Wildman–Crippen LogP) is 0.844. The van der Waals surface area contributed by atoms with E-state index in [0.717, 1.165) is 38.9 Å². The fourth-order valence-corrected chi connectivity index (χ4v) is 2.40. The number of likely N-dealkylation sites (N-methyl/N-ethyl adjacent to an activating group) is 1. The van der Waals surface area contributed by atoms with Gasteiger partial charge in [0.2, 0.25) is 0 Å². The van der Waals surface area contributed by atoms with Gasteiger partial charge in [-0.05, 0) is 33.5 Å². The number of aromatic amines is 1. The Balaban J connectivity index is 0.00000338. The standard InChI is InChI=1S/C16H29N7O2.ClH/c1-4-5-11-25-15-20-13(17)12-14(21-15)23(16(24)19-12)9-6-7-18-8-10-22(2)3;/h18H,4-11H2,1-3H3,(H,19,24)(H2,17,20,21);1H. The quantitative estimate of drug-likeness (QED) is 0.489. The van der Waals surface area contributed by atoms with Gasteiger partial charge in [-0.25, -0.2) is 4.79 Å². The fraction of sp³-hybridized carbons (Fsp3) is 0.688. The summed E-state index contributed by atoms with van der Waals surface area (Å²) in [6.07, 6.45) is 2.75. The molecule has 0 aliphatic heterocycles. The van der Waals surface area contributed by atoms with Crippen molar-refractivity contribution in [1.29, 1.82) is 0 Å². The number of nitrogens with zero attached hydrogens (tertiary/aromatic N) is 4. The number of fused-ring (bicyclic) bond motifs is 1. The lowest BCUT2D eigenvalue weighted by Crippen LogP contribution is -2.28. The van der Waals surface area contributed by atoms with Crippen LogP contribution in [0.15, 0.2) is 4.79 Å². The summed E-state index contributed by atoms with van der Waals surface area (Å²) in [5.41, 5.74) is 6.67. The van der Waals surface area contributed by atoms with Gasteiger partial charge in [-0.3, -0.25) is 4.57 Å². The Morgan fingerprint density at radius 2 is 2.04 bits per heavy atom. The van der Waals surface area contributed by atoms with Crippen LogP contribution in [0.2, 0.25) is 0 Å². The van der Waals surface area contributed by atoms with Gasteiger partial charge in [0.1, 0.15) is 5.52 Å². The van der Waals surface area contributed by atoms with Crippen molar-refractivity contribution >= 4 is 29.4 Å². The molecule has 2 heterocycles. The molecule has 0 aromatic carbocycles. The summed E-state index contributed by atoms with van der Waals surface area (Å²) >= 11 is 0. The van der Waals surface area contributed by atoms with Crippen LogP contribution in [0, 0.1) is 0 Å². The Morgan fingerprint density at radius 3 is 2.73 bits per heavy atom. The molecule has 2 aromatic heterocycles. The third kappa shape index (κ3) is 6.15. The number of halogens is 1. The molecule has 0 aliphatic rings. The van der Waals surface area contributed by atoms with Crippen LogP contribution in [0.25, 0.3) is 11.2 Å². The molecule has 2 aromatic rings. The predicted molar refractivity (Wildman–Crippen MR) is 106 cm³/mol. The summed E-state index contributed by atoms with van der Waals surface area (Å²) in [6, 6.07) is 0.218. The van der Waals surface area contributed by atoms with Crippen molar-refractivity contribution in [3.8, 4) is 6.01 Å². The molecule has 148 valence electrons. The van der Waals surface area contributed by atoms with E-state index in [1.807, 2.05) is 14.1 Å². The van der Waals surface area contributed by atoms with Crippen LogP contribution in [0.1, 0.15) is 26.2 Å². The number of aryl methyl sites for hydroxylation is 1. The van der Waals surface area contributed by atoms with E-state index in [1.54, 1.807) is 4.57 Å². The third-order valence-corrected chi connectivity index (χ3v) is 3.83. The Hall–Kier alpha value is -1.84. The van der Waals surface area contributed by atoms with E-state index >= 15 is 0 Å². The lowest BCUT2D eigenvalue weighted by Gasteiger charge is -2.10. The summed E-state index contributed by atoms with van der Waals surface area (Å²) in [5, 5.41) is 3.35. The highest BCUT2D eigenvalue weighted by Gasteiger charge is 2.14. The average Bonchev–Trinajstić information content (AvgIpc) is 2.87. The number of imidazole rings is 1. The van der Waals surface area contributed by atoms with Crippen molar-refractivity contribution in [2.45, 2.75) is 32.7 Å². The van der Waals surface area contributed by atoms with Crippen molar-refractivity contribution < 1.29 is 4.74 Å². The maximum Gasteiger partial charge on any atom is 0.327 e. The molecule has 0 spiro atoms. The highest BCUT2D eigenvalue weighted by Crippen LogP contribution is 2.17. The lowest BCUT2D eigenvalue weighted by atomic mass is 10.4. The van der Waals surface area contributed by atoms with Gasteiger partial charge in [0.25, 0.3) is 0 Å². The Bertz CT molecular complexity index is 729. The number of nitrogen functional groups attached to an aromatic ring is 1. The molecule has 0 amide bonds. The number of aromatic nitrogens is 4. The van der Waals surface area contributed by atoms with Gasteiger partial charge >= 0.3 is 11.7 Å². The molecular weight excluding hydrogens is 358 g/mol. The first-order chi connectivity index (χ1) is 12.0. The highest BCUT2D eigenvalue weighted by molar-refractivity contribution is 5.85. The first-order valence-electron chi connectivity index (χ1n) is 8.77. The zero-order chi connectivity index (χ0) is 18.2. The smallest absolute Gasteiger partial charge is 0.327 e. The normalized spacial score (nSPS) is 11.1. The fourth-order valence-electron chi connectivity index (χ4n) is 2.40. The summed E-state index contributed by atoms with van der Waals surface area (Å²) in [4.78, 5) is 25.5. The van der Waals surface area contributed by atoms with Gasteiger partial charge in [0.05, 0.1) is 6.61 Å². The topological polar surface area (TPSA) is 114 Å². The van der Waals surface area contributed by atoms with Crippen LogP contribution in [-0.2, 0) is 6.54 Å². The molecule has 0 saturated carbocycles. The number of hydrogen-bond donors (Lipinski definition) is 3. The van der Waals surface area contributed by atoms with Crippen LogP contribution in [0.5, 0.6) is 6.01 Å². The van der Waals surface area contributed by atoms with Crippen molar-refractivity contribution in [1.82, 2.24) is 29.7 Å². The molecule has 0 saturated heterocycles. The monoisotopic (exact) mass is 387 g/mol. The van der Waals surface area contributed by atoms with Gasteiger partial charge in [0.15, 0.2) is 11.5 Å². The molecule has 0 unspecified atom stereocenters. The van der Waals surface area contributed by atoms with E-state index in [0.29, 0.717) is 24.3 Å². The molecule has 0 aliphatic carbocycles. The van der Waals surface area contributed by atoms with Crippen LogP contribution >= 0.6 is 12.4 Å². The average molecular weight is 388 g/mol.